The molecule has 1 aromatic heterocycles. The number of benzene rings is 1. The third kappa shape index (κ3) is 4.64. The zero-order valence-corrected chi connectivity index (χ0v) is 13.3. The van der Waals surface area contributed by atoms with Crippen molar-refractivity contribution >= 4 is 5.69 Å². The molecule has 1 aromatic carbocycles. The van der Waals surface area contributed by atoms with Gasteiger partial charge in [-0.1, -0.05) is 32.0 Å². The maximum Gasteiger partial charge on any atom is 0.122 e. The Balaban J connectivity index is 2.00. The van der Waals surface area contributed by atoms with Crippen LogP contribution in [0.3, 0.4) is 0 Å². The van der Waals surface area contributed by atoms with Crippen LogP contribution in [0.2, 0.25) is 0 Å². The molecule has 0 unspecified atom stereocenters. The van der Waals surface area contributed by atoms with Gasteiger partial charge >= 0.3 is 0 Å². The van der Waals surface area contributed by atoms with Crippen molar-refractivity contribution in [3.63, 3.8) is 0 Å². The molecular formula is C18H26N2O. The zero-order valence-electron chi connectivity index (χ0n) is 13.3. The van der Waals surface area contributed by atoms with Crippen molar-refractivity contribution in [1.29, 1.82) is 0 Å². The number of nitrogens with zero attached hydrogens (tertiary/aromatic N) is 1. The summed E-state index contributed by atoms with van der Waals surface area (Å²) in [5.41, 5.74) is 2.51. The predicted octanol–water partition coefficient (Wildman–Crippen LogP) is 4.05. The molecule has 0 amide bonds. The van der Waals surface area contributed by atoms with Crippen LogP contribution in [-0.2, 0) is 13.1 Å². The summed E-state index contributed by atoms with van der Waals surface area (Å²) < 4.78 is 5.64. The molecule has 1 heterocycles. The van der Waals surface area contributed by atoms with Crippen molar-refractivity contribution in [2.24, 2.45) is 5.92 Å². The monoisotopic (exact) mass is 286 g/mol. The van der Waals surface area contributed by atoms with Crippen molar-refractivity contribution in [3.8, 4) is 0 Å². The number of rotatable bonds is 8. The number of nitrogens with one attached hydrogen (secondary N) is 1. The van der Waals surface area contributed by atoms with Gasteiger partial charge in [0.05, 0.1) is 12.8 Å². The summed E-state index contributed by atoms with van der Waals surface area (Å²) in [6.45, 7) is 10.3. The molecular weight excluding hydrogens is 260 g/mol. The Morgan fingerprint density at radius 3 is 2.57 bits per heavy atom. The van der Waals surface area contributed by atoms with Gasteiger partial charge in [0.1, 0.15) is 5.76 Å². The van der Waals surface area contributed by atoms with Crippen molar-refractivity contribution < 1.29 is 4.42 Å². The first kappa shape index (κ1) is 15.6. The van der Waals surface area contributed by atoms with E-state index in [1.165, 1.54) is 11.3 Å². The molecule has 1 N–H and O–H groups in total. The highest BCUT2D eigenvalue weighted by Gasteiger charge is 2.11. The summed E-state index contributed by atoms with van der Waals surface area (Å²) in [4.78, 5) is 2.36. The largest absolute Gasteiger partial charge is 0.468 e. The highest BCUT2D eigenvalue weighted by atomic mass is 16.3. The molecule has 0 saturated heterocycles. The molecule has 0 aliphatic carbocycles. The van der Waals surface area contributed by atoms with Crippen molar-refractivity contribution in [1.82, 2.24) is 5.32 Å². The van der Waals surface area contributed by atoms with Gasteiger partial charge in [-0.2, -0.15) is 0 Å². The van der Waals surface area contributed by atoms with Crippen LogP contribution in [0.1, 0.15) is 32.1 Å². The smallest absolute Gasteiger partial charge is 0.122 e. The van der Waals surface area contributed by atoms with E-state index >= 15 is 0 Å². The Kier molecular flexibility index (Phi) is 5.88. The van der Waals surface area contributed by atoms with Crippen LogP contribution < -0.4 is 10.2 Å². The molecule has 114 valence electrons. The van der Waals surface area contributed by atoms with Gasteiger partial charge in [0.15, 0.2) is 0 Å². The Hall–Kier alpha value is -1.74. The van der Waals surface area contributed by atoms with E-state index in [0.29, 0.717) is 5.92 Å². The molecule has 3 nitrogen and oxygen atoms in total. The lowest BCUT2D eigenvalue weighted by Crippen LogP contribution is -2.24. The molecule has 0 fully saturated rings. The number of hydrogen-bond donors (Lipinski definition) is 1. The van der Waals surface area contributed by atoms with Gasteiger partial charge in [0.25, 0.3) is 0 Å². The summed E-state index contributed by atoms with van der Waals surface area (Å²) >= 11 is 0. The molecule has 2 rings (SSSR count). The number of para-hydroxylation sites is 1. The fourth-order valence-corrected chi connectivity index (χ4v) is 2.37. The van der Waals surface area contributed by atoms with E-state index in [1.807, 2.05) is 0 Å². The molecule has 0 aliphatic heterocycles. The molecule has 0 radical (unpaired) electrons. The SMILES string of the molecule is CCN(Cc1ccoc1CNCC(C)C)c1ccccc1. The molecule has 0 aliphatic rings. The summed E-state index contributed by atoms with van der Waals surface area (Å²) in [7, 11) is 0. The molecule has 2 aromatic rings. The summed E-state index contributed by atoms with van der Waals surface area (Å²) in [5.74, 6) is 1.70. The molecule has 0 atom stereocenters. The first-order valence-corrected chi connectivity index (χ1v) is 7.76. The van der Waals surface area contributed by atoms with Gasteiger partial charge in [-0.3, -0.25) is 0 Å². The maximum atomic E-state index is 5.64. The lowest BCUT2D eigenvalue weighted by atomic mass is 10.2. The summed E-state index contributed by atoms with van der Waals surface area (Å²) in [5, 5.41) is 3.45. The Morgan fingerprint density at radius 2 is 1.90 bits per heavy atom. The van der Waals surface area contributed by atoms with Crippen LogP contribution in [-0.4, -0.2) is 13.1 Å². The Labute approximate surface area is 128 Å². The summed E-state index contributed by atoms with van der Waals surface area (Å²) in [6.07, 6.45) is 1.79. The lowest BCUT2D eigenvalue weighted by Gasteiger charge is -2.23. The second-order valence-electron chi connectivity index (χ2n) is 5.74. The minimum atomic E-state index is 0.653. The third-order valence-corrected chi connectivity index (χ3v) is 3.54. The fourth-order valence-electron chi connectivity index (χ4n) is 2.37. The van der Waals surface area contributed by atoms with Gasteiger partial charge < -0.3 is 14.6 Å². The lowest BCUT2D eigenvalue weighted by molar-refractivity contribution is 0.460. The fraction of sp³-hybridized carbons (Fsp3) is 0.444. The average molecular weight is 286 g/mol. The molecule has 0 spiro atoms. The average Bonchev–Trinajstić information content (AvgIpc) is 2.92. The van der Waals surface area contributed by atoms with Crippen LogP contribution in [0.15, 0.2) is 47.1 Å². The molecule has 0 saturated carbocycles. The topological polar surface area (TPSA) is 28.4 Å². The zero-order chi connectivity index (χ0) is 15.1. The number of hydrogen-bond acceptors (Lipinski definition) is 3. The van der Waals surface area contributed by atoms with E-state index in [0.717, 1.165) is 31.9 Å². The number of furan rings is 1. The van der Waals surface area contributed by atoms with Gasteiger partial charge in [0.2, 0.25) is 0 Å². The van der Waals surface area contributed by atoms with E-state index in [1.54, 1.807) is 6.26 Å². The highest BCUT2D eigenvalue weighted by molar-refractivity contribution is 5.46. The van der Waals surface area contributed by atoms with Crippen LogP contribution >= 0.6 is 0 Å². The van der Waals surface area contributed by atoms with Crippen LogP contribution in [0.5, 0.6) is 0 Å². The quantitative estimate of drug-likeness (QED) is 0.793. The molecule has 3 heteroatoms. The molecule has 21 heavy (non-hydrogen) atoms. The van der Waals surface area contributed by atoms with Crippen molar-refractivity contribution in [2.75, 3.05) is 18.0 Å². The third-order valence-electron chi connectivity index (χ3n) is 3.54. The second-order valence-corrected chi connectivity index (χ2v) is 5.74. The van der Waals surface area contributed by atoms with Crippen LogP contribution in [0, 0.1) is 5.92 Å². The van der Waals surface area contributed by atoms with Gasteiger partial charge in [-0.25, -0.2) is 0 Å². The minimum absolute atomic E-state index is 0.653. The standard InChI is InChI=1S/C18H26N2O/c1-4-20(17-8-6-5-7-9-17)14-16-10-11-21-18(16)13-19-12-15(2)3/h5-11,15,19H,4,12-14H2,1-3H3. The summed E-state index contributed by atoms with van der Waals surface area (Å²) in [6, 6.07) is 12.6. The van der Waals surface area contributed by atoms with E-state index < -0.39 is 0 Å². The maximum absolute atomic E-state index is 5.64. The van der Waals surface area contributed by atoms with E-state index in [4.69, 9.17) is 4.42 Å². The van der Waals surface area contributed by atoms with Gasteiger partial charge in [-0.15, -0.1) is 0 Å². The Bertz CT molecular complexity index is 519. The molecule has 0 bridgehead atoms. The predicted molar refractivity (Wildman–Crippen MR) is 88.4 cm³/mol. The van der Waals surface area contributed by atoms with E-state index in [9.17, 15) is 0 Å². The highest BCUT2D eigenvalue weighted by Crippen LogP contribution is 2.19. The van der Waals surface area contributed by atoms with E-state index in [2.05, 4.69) is 67.4 Å². The first-order valence-electron chi connectivity index (χ1n) is 7.76. The second kappa shape index (κ2) is 7.89. The number of anilines is 1. The minimum Gasteiger partial charge on any atom is -0.468 e. The van der Waals surface area contributed by atoms with E-state index in [-0.39, 0.29) is 0 Å². The van der Waals surface area contributed by atoms with Gasteiger partial charge in [-0.05, 0) is 37.6 Å². The normalized spacial score (nSPS) is 11.0. The van der Waals surface area contributed by atoms with Gasteiger partial charge in [0, 0.05) is 24.3 Å². The first-order chi connectivity index (χ1) is 10.2. The van der Waals surface area contributed by atoms with Crippen LogP contribution in [0.25, 0.3) is 0 Å². The van der Waals surface area contributed by atoms with Crippen molar-refractivity contribution in [3.05, 3.63) is 54.0 Å². The Morgan fingerprint density at radius 1 is 1.14 bits per heavy atom. The van der Waals surface area contributed by atoms with Crippen molar-refractivity contribution in [2.45, 2.75) is 33.9 Å². The van der Waals surface area contributed by atoms with Crippen LogP contribution in [0.4, 0.5) is 5.69 Å².